The minimum atomic E-state index is 0.461. The van der Waals surface area contributed by atoms with E-state index in [2.05, 4.69) is 27.1 Å². The summed E-state index contributed by atoms with van der Waals surface area (Å²) < 4.78 is 0. The van der Waals surface area contributed by atoms with Crippen LogP contribution in [0.5, 0.6) is 0 Å². The Balaban J connectivity index is 1.74. The quantitative estimate of drug-likeness (QED) is 0.886. The zero-order chi connectivity index (χ0) is 12.8. The van der Waals surface area contributed by atoms with E-state index in [9.17, 15) is 0 Å². The summed E-state index contributed by atoms with van der Waals surface area (Å²) in [6.07, 6.45) is 5.93. The highest BCUT2D eigenvalue weighted by molar-refractivity contribution is 6.29. The molecule has 1 aliphatic heterocycles. The van der Waals surface area contributed by atoms with Gasteiger partial charge in [0.25, 0.3) is 0 Å². The van der Waals surface area contributed by atoms with E-state index >= 15 is 0 Å². The van der Waals surface area contributed by atoms with Crippen molar-refractivity contribution < 1.29 is 0 Å². The van der Waals surface area contributed by atoms with Gasteiger partial charge in [0.05, 0.1) is 18.1 Å². The van der Waals surface area contributed by atoms with Crippen LogP contribution in [-0.4, -0.2) is 41.0 Å². The lowest BCUT2D eigenvalue weighted by Crippen LogP contribution is -2.37. The van der Waals surface area contributed by atoms with E-state index in [1.165, 1.54) is 12.8 Å². The van der Waals surface area contributed by atoms with Crippen LogP contribution in [0.1, 0.15) is 25.5 Å². The Morgan fingerprint density at radius 2 is 2.11 bits per heavy atom. The molecule has 1 saturated heterocycles. The fourth-order valence-electron chi connectivity index (χ4n) is 2.35. The zero-order valence-electron chi connectivity index (χ0n) is 10.9. The van der Waals surface area contributed by atoms with Crippen LogP contribution in [0.2, 0.25) is 5.15 Å². The lowest BCUT2D eigenvalue weighted by atomic mass is 9.97. The van der Waals surface area contributed by atoms with Gasteiger partial charge in [0.15, 0.2) is 0 Å². The van der Waals surface area contributed by atoms with Crippen molar-refractivity contribution >= 4 is 11.6 Å². The van der Waals surface area contributed by atoms with Gasteiger partial charge in [0.1, 0.15) is 5.15 Å². The van der Waals surface area contributed by atoms with E-state index in [1.54, 1.807) is 12.4 Å². The van der Waals surface area contributed by atoms with E-state index in [0.29, 0.717) is 5.15 Å². The number of likely N-dealkylation sites (tertiary alicyclic amines) is 1. The van der Waals surface area contributed by atoms with E-state index in [4.69, 9.17) is 11.6 Å². The number of hydrogen-bond acceptors (Lipinski definition) is 4. The fraction of sp³-hybridized carbons (Fsp3) is 0.692. The average molecular weight is 269 g/mol. The zero-order valence-corrected chi connectivity index (χ0v) is 11.7. The number of nitrogens with one attached hydrogen (secondary N) is 1. The summed E-state index contributed by atoms with van der Waals surface area (Å²) in [4.78, 5) is 10.8. The number of halogens is 1. The van der Waals surface area contributed by atoms with E-state index in [1.807, 2.05) is 0 Å². The SMILES string of the molecule is CCNCC1CCN(Cc2cnc(Cl)cn2)CC1. The standard InChI is InChI=1S/C13H21ClN4/c1-2-15-7-11-3-5-18(6-4-11)10-12-8-17-13(14)9-16-12/h8-9,11,15H,2-7,10H2,1H3. The molecule has 0 amide bonds. The van der Waals surface area contributed by atoms with E-state index in [0.717, 1.165) is 44.3 Å². The number of piperidine rings is 1. The van der Waals surface area contributed by atoms with E-state index in [-0.39, 0.29) is 0 Å². The summed E-state index contributed by atoms with van der Waals surface area (Å²) in [7, 11) is 0. The van der Waals surface area contributed by atoms with Crippen LogP contribution in [0, 0.1) is 5.92 Å². The van der Waals surface area contributed by atoms with Crippen molar-refractivity contribution in [1.82, 2.24) is 20.2 Å². The second-order valence-electron chi connectivity index (χ2n) is 4.86. The summed E-state index contributed by atoms with van der Waals surface area (Å²) in [6.45, 7) is 7.58. The van der Waals surface area contributed by atoms with Crippen LogP contribution in [0.25, 0.3) is 0 Å². The molecule has 0 atom stereocenters. The van der Waals surface area contributed by atoms with Crippen LogP contribution >= 0.6 is 11.6 Å². The van der Waals surface area contributed by atoms with Crippen LogP contribution in [-0.2, 0) is 6.54 Å². The molecule has 1 aliphatic rings. The fourth-order valence-corrected chi connectivity index (χ4v) is 2.44. The molecule has 0 bridgehead atoms. The van der Waals surface area contributed by atoms with Crippen LogP contribution < -0.4 is 5.32 Å². The smallest absolute Gasteiger partial charge is 0.147 e. The highest BCUT2D eigenvalue weighted by atomic mass is 35.5. The van der Waals surface area contributed by atoms with Crippen molar-refractivity contribution in [3.8, 4) is 0 Å². The molecule has 0 aromatic carbocycles. The molecule has 1 N–H and O–H groups in total. The summed E-state index contributed by atoms with van der Waals surface area (Å²) in [6, 6.07) is 0. The molecule has 18 heavy (non-hydrogen) atoms. The maximum Gasteiger partial charge on any atom is 0.147 e. The second-order valence-corrected chi connectivity index (χ2v) is 5.24. The molecule has 0 aliphatic carbocycles. The molecular formula is C13H21ClN4. The van der Waals surface area contributed by atoms with Gasteiger partial charge in [-0.2, -0.15) is 0 Å². The predicted molar refractivity (Wildman–Crippen MR) is 73.6 cm³/mol. The molecule has 0 unspecified atom stereocenters. The first kappa shape index (κ1) is 13.7. The lowest BCUT2D eigenvalue weighted by molar-refractivity contribution is 0.174. The molecular weight excluding hydrogens is 248 g/mol. The molecule has 1 aromatic rings. The maximum absolute atomic E-state index is 5.73. The molecule has 0 saturated carbocycles. The van der Waals surface area contributed by atoms with Crippen molar-refractivity contribution in [1.29, 1.82) is 0 Å². The number of aromatic nitrogens is 2. The van der Waals surface area contributed by atoms with Crippen molar-refractivity contribution in [2.45, 2.75) is 26.3 Å². The Morgan fingerprint density at radius 3 is 2.72 bits per heavy atom. The predicted octanol–water partition coefficient (Wildman–Crippen LogP) is 1.95. The molecule has 1 fully saturated rings. The largest absolute Gasteiger partial charge is 0.317 e. The Bertz CT molecular complexity index is 347. The molecule has 0 radical (unpaired) electrons. The molecule has 100 valence electrons. The number of hydrogen-bond donors (Lipinski definition) is 1. The van der Waals surface area contributed by atoms with Gasteiger partial charge in [-0.25, -0.2) is 4.98 Å². The highest BCUT2D eigenvalue weighted by Gasteiger charge is 2.19. The Kier molecular flexibility index (Phi) is 5.35. The van der Waals surface area contributed by atoms with Crippen molar-refractivity contribution in [2.24, 2.45) is 5.92 Å². The van der Waals surface area contributed by atoms with Crippen LogP contribution in [0.3, 0.4) is 0 Å². The molecule has 1 aromatic heterocycles. The van der Waals surface area contributed by atoms with Crippen LogP contribution in [0.4, 0.5) is 0 Å². The second kappa shape index (κ2) is 7.02. The van der Waals surface area contributed by atoms with Gasteiger partial charge < -0.3 is 5.32 Å². The van der Waals surface area contributed by atoms with Crippen molar-refractivity contribution in [2.75, 3.05) is 26.2 Å². The third kappa shape index (κ3) is 4.19. The topological polar surface area (TPSA) is 41.0 Å². The third-order valence-corrected chi connectivity index (χ3v) is 3.64. The Labute approximate surface area is 114 Å². The number of nitrogens with zero attached hydrogens (tertiary/aromatic N) is 3. The third-order valence-electron chi connectivity index (χ3n) is 3.45. The lowest BCUT2D eigenvalue weighted by Gasteiger charge is -2.31. The first-order chi connectivity index (χ1) is 8.78. The Hall–Kier alpha value is -0.710. The molecule has 4 nitrogen and oxygen atoms in total. The summed E-state index contributed by atoms with van der Waals surface area (Å²) >= 11 is 5.73. The molecule has 2 heterocycles. The summed E-state index contributed by atoms with van der Waals surface area (Å²) in [5, 5.41) is 3.89. The minimum absolute atomic E-state index is 0.461. The summed E-state index contributed by atoms with van der Waals surface area (Å²) in [5.41, 5.74) is 1.00. The highest BCUT2D eigenvalue weighted by Crippen LogP contribution is 2.17. The van der Waals surface area contributed by atoms with Gasteiger partial charge in [0, 0.05) is 6.54 Å². The van der Waals surface area contributed by atoms with E-state index < -0.39 is 0 Å². The molecule has 2 rings (SSSR count). The first-order valence-electron chi connectivity index (χ1n) is 6.67. The average Bonchev–Trinajstić information content (AvgIpc) is 2.41. The first-order valence-corrected chi connectivity index (χ1v) is 7.05. The van der Waals surface area contributed by atoms with Crippen molar-refractivity contribution in [3.63, 3.8) is 0 Å². The maximum atomic E-state index is 5.73. The number of rotatable bonds is 5. The summed E-state index contributed by atoms with van der Waals surface area (Å²) in [5.74, 6) is 0.831. The monoisotopic (exact) mass is 268 g/mol. The van der Waals surface area contributed by atoms with Crippen molar-refractivity contribution in [3.05, 3.63) is 23.2 Å². The normalized spacial score (nSPS) is 18.1. The minimum Gasteiger partial charge on any atom is -0.317 e. The van der Waals surface area contributed by atoms with Gasteiger partial charge >= 0.3 is 0 Å². The molecule has 5 heteroatoms. The van der Waals surface area contributed by atoms with Gasteiger partial charge in [-0.05, 0) is 44.9 Å². The van der Waals surface area contributed by atoms with Gasteiger partial charge in [-0.3, -0.25) is 9.88 Å². The van der Waals surface area contributed by atoms with Crippen LogP contribution in [0.15, 0.2) is 12.4 Å². The Morgan fingerprint density at radius 1 is 1.33 bits per heavy atom. The molecule has 0 spiro atoms. The van der Waals surface area contributed by atoms with Gasteiger partial charge in [0.2, 0.25) is 0 Å². The van der Waals surface area contributed by atoms with Gasteiger partial charge in [-0.15, -0.1) is 0 Å². The van der Waals surface area contributed by atoms with Gasteiger partial charge in [-0.1, -0.05) is 18.5 Å².